The van der Waals surface area contributed by atoms with Gasteiger partial charge in [0.25, 0.3) is 0 Å². The van der Waals surface area contributed by atoms with Gasteiger partial charge in [-0.1, -0.05) is 18.2 Å². The van der Waals surface area contributed by atoms with Gasteiger partial charge in [-0.3, -0.25) is 5.10 Å². The zero-order valence-electron chi connectivity index (χ0n) is 11.9. The highest BCUT2D eigenvalue weighted by Gasteiger charge is 2.04. The van der Waals surface area contributed by atoms with Gasteiger partial charge in [-0.05, 0) is 25.5 Å². The average Bonchev–Trinajstić information content (AvgIpc) is 3.01. The Morgan fingerprint density at radius 1 is 1.35 bits per heavy atom. The second-order valence-electron chi connectivity index (χ2n) is 4.38. The highest BCUT2D eigenvalue weighted by Crippen LogP contribution is 2.15. The van der Waals surface area contributed by atoms with Crippen LogP contribution in [0.1, 0.15) is 19.4 Å². The molecule has 0 saturated heterocycles. The summed E-state index contributed by atoms with van der Waals surface area (Å²) in [5, 5.41) is 6.71. The van der Waals surface area contributed by atoms with Gasteiger partial charge in [0.2, 0.25) is 0 Å². The van der Waals surface area contributed by atoms with Gasteiger partial charge in [-0.2, -0.15) is 5.10 Å². The fourth-order valence-electron chi connectivity index (χ4n) is 1.98. The van der Waals surface area contributed by atoms with E-state index in [4.69, 9.17) is 5.73 Å². The predicted molar refractivity (Wildman–Crippen MR) is 80.1 cm³/mol. The highest BCUT2D eigenvalue weighted by molar-refractivity contribution is 5.78. The van der Waals surface area contributed by atoms with Crippen LogP contribution >= 0.6 is 0 Å². The zero-order valence-corrected chi connectivity index (χ0v) is 11.9. The molecule has 0 aliphatic rings. The third-order valence-corrected chi connectivity index (χ3v) is 3.13. The van der Waals surface area contributed by atoms with Crippen molar-refractivity contribution >= 4 is 5.96 Å². The summed E-state index contributed by atoms with van der Waals surface area (Å²) < 4.78 is 0. The maximum Gasteiger partial charge on any atom is 0.191 e. The molecule has 0 radical (unpaired) electrons. The Hall–Kier alpha value is -2.37. The molecule has 3 N–H and O–H groups in total. The van der Waals surface area contributed by atoms with Gasteiger partial charge < -0.3 is 10.6 Å². The van der Waals surface area contributed by atoms with E-state index in [0.29, 0.717) is 12.5 Å². The van der Waals surface area contributed by atoms with E-state index in [0.717, 1.165) is 30.0 Å². The maximum atomic E-state index is 5.97. The first kappa shape index (κ1) is 14.0. The fourth-order valence-corrected chi connectivity index (χ4v) is 1.98. The summed E-state index contributed by atoms with van der Waals surface area (Å²) in [6.45, 7) is 6.42. The lowest BCUT2D eigenvalue weighted by Crippen LogP contribution is -2.37. The number of H-pyrrole nitrogens is 1. The number of nitrogens with one attached hydrogen (secondary N) is 1. The minimum atomic E-state index is 0.560. The van der Waals surface area contributed by atoms with Crippen LogP contribution in [0.15, 0.2) is 35.6 Å². The predicted octanol–water partition coefficient (Wildman–Crippen LogP) is 1.63. The van der Waals surface area contributed by atoms with Crippen LogP contribution in [-0.4, -0.2) is 39.1 Å². The maximum absolute atomic E-state index is 5.97. The molecule has 2 aromatic rings. The van der Waals surface area contributed by atoms with E-state index in [-0.39, 0.29) is 0 Å². The molecule has 20 heavy (non-hydrogen) atoms. The third kappa shape index (κ3) is 3.34. The Balaban J connectivity index is 2.11. The Labute approximate surface area is 118 Å². The standard InChI is InChI=1S/C14H20N6/c1-3-20(4-2)14(15)16-9-11-6-5-7-12(8-11)13-17-10-18-19-13/h5-8,10H,3-4,9H2,1-2H3,(H2,15,16)(H,17,18,19). The first-order valence-corrected chi connectivity index (χ1v) is 6.74. The molecule has 1 aromatic carbocycles. The van der Waals surface area contributed by atoms with Crippen LogP contribution in [0.3, 0.4) is 0 Å². The number of guanidine groups is 1. The van der Waals surface area contributed by atoms with Gasteiger partial charge in [-0.25, -0.2) is 9.98 Å². The second kappa shape index (κ2) is 6.70. The smallest absolute Gasteiger partial charge is 0.191 e. The van der Waals surface area contributed by atoms with Crippen molar-refractivity contribution in [3.63, 3.8) is 0 Å². The third-order valence-electron chi connectivity index (χ3n) is 3.13. The van der Waals surface area contributed by atoms with Crippen LogP contribution in [0.25, 0.3) is 11.4 Å². The normalized spacial score (nSPS) is 11.6. The molecule has 0 fully saturated rings. The van der Waals surface area contributed by atoms with Gasteiger partial charge in [0.15, 0.2) is 11.8 Å². The van der Waals surface area contributed by atoms with Crippen LogP contribution in [0.5, 0.6) is 0 Å². The Morgan fingerprint density at radius 2 is 2.15 bits per heavy atom. The summed E-state index contributed by atoms with van der Waals surface area (Å²) >= 11 is 0. The molecule has 0 amide bonds. The fraction of sp³-hybridized carbons (Fsp3) is 0.357. The van der Waals surface area contributed by atoms with Crippen LogP contribution in [-0.2, 0) is 6.54 Å². The summed E-state index contributed by atoms with van der Waals surface area (Å²) in [5.41, 5.74) is 8.06. The molecular weight excluding hydrogens is 252 g/mol. The quantitative estimate of drug-likeness (QED) is 0.640. The monoisotopic (exact) mass is 272 g/mol. The number of aromatic nitrogens is 3. The van der Waals surface area contributed by atoms with E-state index in [2.05, 4.69) is 34.0 Å². The topological polar surface area (TPSA) is 83.2 Å². The van der Waals surface area contributed by atoms with Crippen LogP contribution < -0.4 is 5.73 Å². The van der Waals surface area contributed by atoms with Gasteiger partial charge >= 0.3 is 0 Å². The van der Waals surface area contributed by atoms with Crippen molar-refractivity contribution in [1.29, 1.82) is 0 Å². The zero-order chi connectivity index (χ0) is 14.4. The van der Waals surface area contributed by atoms with E-state index in [9.17, 15) is 0 Å². The molecular formula is C14H20N6. The molecule has 1 heterocycles. The van der Waals surface area contributed by atoms with Crippen LogP contribution in [0.4, 0.5) is 0 Å². The lowest BCUT2D eigenvalue weighted by atomic mass is 10.1. The SMILES string of the molecule is CCN(CC)C(N)=NCc1cccc(-c2ncn[nH]2)c1. The number of aromatic amines is 1. The van der Waals surface area contributed by atoms with Crippen LogP contribution in [0, 0.1) is 0 Å². The summed E-state index contributed by atoms with van der Waals surface area (Å²) in [6, 6.07) is 8.04. The van der Waals surface area contributed by atoms with Gasteiger partial charge in [-0.15, -0.1) is 0 Å². The van der Waals surface area contributed by atoms with Crippen molar-refractivity contribution in [3.05, 3.63) is 36.2 Å². The number of hydrogen-bond acceptors (Lipinski definition) is 3. The van der Waals surface area contributed by atoms with Crippen molar-refractivity contribution in [2.75, 3.05) is 13.1 Å². The van der Waals surface area contributed by atoms with Crippen LogP contribution in [0.2, 0.25) is 0 Å². The van der Waals surface area contributed by atoms with E-state index in [1.807, 2.05) is 29.2 Å². The number of benzene rings is 1. The lowest BCUT2D eigenvalue weighted by Gasteiger charge is -2.19. The summed E-state index contributed by atoms with van der Waals surface area (Å²) in [6.07, 6.45) is 1.50. The molecule has 1 aromatic heterocycles. The van der Waals surface area contributed by atoms with Crippen molar-refractivity contribution in [1.82, 2.24) is 20.1 Å². The Bertz CT molecular complexity index is 557. The number of aliphatic imine (C=N–C) groups is 1. The van der Waals surface area contributed by atoms with Gasteiger partial charge in [0.1, 0.15) is 6.33 Å². The minimum absolute atomic E-state index is 0.560. The highest BCUT2D eigenvalue weighted by atomic mass is 15.2. The van der Waals surface area contributed by atoms with Crippen molar-refractivity contribution < 1.29 is 0 Å². The van der Waals surface area contributed by atoms with E-state index in [1.165, 1.54) is 6.33 Å². The number of hydrogen-bond donors (Lipinski definition) is 2. The molecule has 2 rings (SSSR count). The molecule has 106 valence electrons. The van der Waals surface area contributed by atoms with Crippen molar-refractivity contribution in [2.24, 2.45) is 10.7 Å². The van der Waals surface area contributed by atoms with Gasteiger partial charge in [0.05, 0.1) is 6.54 Å². The minimum Gasteiger partial charge on any atom is -0.370 e. The Kier molecular flexibility index (Phi) is 4.70. The second-order valence-corrected chi connectivity index (χ2v) is 4.38. The first-order chi connectivity index (χ1) is 9.74. The molecule has 6 nitrogen and oxygen atoms in total. The Morgan fingerprint density at radius 3 is 2.80 bits per heavy atom. The molecule has 0 aliphatic heterocycles. The molecule has 0 saturated carbocycles. The molecule has 0 atom stereocenters. The summed E-state index contributed by atoms with van der Waals surface area (Å²) in [5.74, 6) is 1.34. The van der Waals surface area contributed by atoms with E-state index in [1.54, 1.807) is 0 Å². The largest absolute Gasteiger partial charge is 0.370 e. The average molecular weight is 272 g/mol. The van der Waals surface area contributed by atoms with Crippen molar-refractivity contribution in [2.45, 2.75) is 20.4 Å². The molecule has 6 heteroatoms. The first-order valence-electron chi connectivity index (χ1n) is 6.74. The van der Waals surface area contributed by atoms with E-state index >= 15 is 0 Å². The van der Waals surface area contributed by atoms with Gasteiger partial charge in [0, 0.05) is 18.7 Å². The van der Waals surface area contributed by atoms with Crippen molar-refractivity contribution in [3.8, 4) is 11.4 Å². The number of rotatable bonds is 5. The molecule has 0 aliphatic carbocycles. The number of nitrogens with zero attached hydrogens (tertiary/aromatic N) is 4. The molecule has 0 spiro atoms. The number of nitrogens with two attached hydrogens (primary N) is 1. The molecule has 0 unspecified atom stereocenters. The lowest BCUT2D eigenvalue weighted by molar-refractivity contribution is 0.458. The molecule has 0 bridgehead atoms. The van der Waals surface area contributed by atoms with E-state index < -0.39 is 0 Å². The summed E-state index contributed by atoms with van der Waals surface area (Å²) in [4.78, 5) is 10.6. The summed E-state index contributed by atoms with van der Waals surface area (Å²) in [7, 11) is 0.